The summed E-state index contributed by atoms with van der Waals surface area (Å²) in [4.78, 5) is 11.7. The summed E-state index contributed by atoms with van der Waals surface area (Å²) in [6.45, 7) is 0.0776. The molecule has 3 N–H and O–H groups in total. The van der Waals surface area contributed by atoms with Crippen LogP contribution in [0.1, 0.15) is 6.42 Å². The van der Waals surface area contributed by atoms with E-state index in [2.05, 4.69) is 26.6 Å². The molecule has 2 rings (SSSR count). The number of carbonyl (C=O) groups is 1. The van der Waals surface area contributed by atoms with Gasteiger partial charge in [-0.3, -0.25) is 0 Å². The Morgan fingerprint density at radius 2 is 2.26 bits per heavy atom. The van der Waals surface area contributed by atoms with Crippen molar-refractivity contribution in [3.63, 3.8) is 0 Å². The first kappa shape index (κ1) is 14.0. The number of aliphatic hydroxyl groups excluding tert-OH is 1. The molecule has 19 heavy (non-hydrogen) atoms. The van der Waals surface area contributed by atoms with Crippen LogP contribution in [-0.4, -0.2) is 23.8 Å². The van der Waals surface area contributed by atoms with E-state index < -0.39 is 11.8 Å². The quantitative estimate of drug-likeness (QED) is 0.747. The van der Waals surface area contributed by atoms with Crippen LogP contribution in [0.5, 0.6) is 0 Å². The topological polar surface area (TPSA) is 61.4 Å². The molecule has 0 spiro atoms. The lowest BCUT2D eigenvalue weighted by atomic mass is 10.1. The van der Waals surface area contributed by atoms with Gasteiger partial charge in [0.25, 0.3) is 0 Å². The van der Waals surface area contributed by atoms with Crippen LogP contribution in [0.4, 0.5) is 14.9 Å². The highest BCUT2D eigenvalue weighted by atomic mass is 79.9. The molecule has 1 aromatic rings. The fourth-order valence-electron chi connectivity index (χ4n) is 1.93. The third-order valence-corrected chi connectivity index (χ3v) is 3.54. The van der Waals surface area contributed by atoms with Gasteiger partial charge < -0.3 is 15.7 Å². The number of benzene rings is 1. The van der Waals surface area contributed by atoms with Gasteiger partial charge in [0.05, 0.1) is 4.47 Å². The summed E-state index contributed by atoms with van der Waals surface area (Å²) >= 11 is 3.04. The summed E-state index contributed by atoms with van der Waals surface area (Å²) in [6, 6.07) is 3.88. The summed E-state index contributed by atoms with van der Waals surface area (Å²) in [5, 5.41) is 14.3. The molecule has 1 aliphatic carbocycles. The second-order valence-electron chi connectivity index (χ2n) is 4.40. The molecule has 1 aromatic carbocycles. The predicted octanol–water partition coefficient (Wildman–Crippen LogP) is 2.65. The lowest BCUT2D eigenvalue weighted by Crippen LogP contribution is -2.36. The Labute approximate surface area is 118 Å². The molecular weight excluding hydrogens is 315 g/mol. The molecule has 0 aromatic heterocycles. The van der Waals surface area contributed by atoms with Gasteiger partial charge >= 0.3 is 6.03 Å². The van der Waals surface area contributed by atoms with E-state index >= 15 is 0 Å². The number of rotatable bonds is 3. The number of urea groups is 1. The average molecular weight is 329 g/mol. The highest BCUT2D eigenvalue weighted by Gasteiger charge is 2.19. The Morgan fingerprint density at radius 3 is 2.89 bits per heavy atom. The second-order valence-corrected chi connectivity index (χ2v) is 5.25. The van der Waals surface area contributed by atoms with Gasteiger partial charge in [-0.2, -0.15) is 0 Å². The third-order valence-electron chi connectivity index (χ3n) is 2.90. The minimum atomic E-state index is -0.432. The summed E-state index contributed by atoms with van der Waals surface area (Å²) in [5.41, 5.74) is 0.388. The molecule has 102 valence electrons. The van der Waals surface area contributed by atoms with Crippen LogP contribution >= 0.6 is 15.9 Å². The zero-order chi connectivity index (χ0) is 13.8. The van der Waals surface area contributed by atoms with Gasteiger partial charge in [0.2, 0.25) is 0 Å². The van der Waals surface area contributed by atoms with Gasteiger partial charge in [0.1, 0.15) is 5.82 Å². The maximum Gasteiger partial charge on any atom is 0.319 e. The molecule has 2 atom stereocenters. The smallest absolute Gasteiger partial charge is 0.319 e. The van der Waals surface area contributed by atoms with Crippen molar-refractivity contribution in [1.82, 2.24) is 5.32 Å². The summed E-state index contributed by atoms with van der Waals surface area (Å²) in [7, 11) is 0. The van der Waals surface area contributed by atoms with Crippen LogP contribution in [0.3, 0.4) is 0 Å². The van der Waals surface area contributed by atoms with Crippen molar-refractivity contribution in [3.05, 3.63) is 40.6 Å². The molecule has 0 aliphatic heterocycles. The SMILES string of the molecule is O=C(Nc1ccc(Br)c(F)c1)N[C@@H]1C=C[C@H](CO)C1. The molecule has 0 radical (unpaired) electrons. The van der Waals surface area contributed by atoms with Crippen molar-refractivity contribution in [3.8, 4) is 0 Å². The summed E-state index contributed by atoms with van der Waals surface area (Å²) in [5.74, 6) is -0.339. The number of anilines is 1. The van der Waals surface area contributed by atoms with E-state index in [1.165, 1.54) is 12.1 Å². The maximum atomic E-state index is 13.3. The fourth-order valence-corrected chi connectivity index (χ4v) is 2.17. The normalized spacial score (nSPS) is 21.4. The molecule has 0 unspecified atom stereocenters. The number of hydrogen-bond acceptors (Lipinski definition) is 2. The third kappa shape index (κ3) is 3.78. The largest absolute Gasteiger partial charge is 0.396 e. The Balaban J connectivity index is 1.88. The molecule has 1 aliphatic rings. The monoisotopic (exact) mass is 328 g/mol. The Bertz CT molecular complexity index is 507. The average Bonchev–Trinajstić information content (AvgIpc) is 2.81. The van der Waals surface area contributed by atoms with E-state index in [0.29, 0.717) is 16.6 Å². The van der Waals surface area contributed by atoms with Gasteiger partial charge in [-0.1, -0.05) is 12.2 Å². The van der Waals surface area contributed by atoms with E-state index in [1.807, 2.05) is 12.2 Å². The molecule has 4 nitrogen and oxygen atoms in total. The van der Waals surface area contributed by atoms with Crippen LogP contribution in [0.2, 0.25) is 0 Å². The minimum absolute atomic E-state index is 0.0776. The first-order chi connectivity index (χ1) is 9.08. The van der Waals surface area contributed by atoms with E-state index in [-0.39, 0.29) is 18.6 Å². The lowest BCUT2D eigenvalue weighted by molar-refractivity contribution is 0.238. The van der Waals surface area contributed by atoms with Crippen molar-refractivity contribution in [2.24, 2.45) is 5.92 Å². The minimum Gasteiger partial charge on any atom is -0.396 e. The number of carbonyl (C=O) groups excluding carboxylic acids is 1. The first-order valence-electron chi connectivity index (χ1n) is 5.90. The van der Waals surface area contributed by atoms with E-state index in [4.69, 9.17) is 5.11 Å². The van der Waals surface area contributed by atoms with Crippen molar-refractivity contribution in [1.29, 1.82) is 0 Å². The summed E-state index contributed by atoms with van der Waals surface area (Å²) in [6.07, 6.45) is 4.41. The van der Waals surface area contributed by atoms with Gasteiger partial charge in [0.15, 0.2) is 0 Å². The zero-order valence-corrected chi connectivity index (χ0v) is 11.7. The van der Waals surface area contributed by atoms with Gasteiger partial charge in [-0.05, 0) is 40.5 Å². The van der Waals surface area contributed by atoms with E-state index in [1.54, 1.807) is 6.07 Å². The molecular formula is C13H14BrFN2O2. The number of hydrogen-bond donors (Lipinski definition) is 3. The fraction of sp³-hybridized carbons (Fsp3) is 0.308. The van der Waals surface area contributed by atoms with Crippen molar-refractivity contribution in [2.45, 2.75) is 12.5 Å². The van der Waals surface area contributed by atoms with E-state index in [9.17, 15) is 9.18 Å². The Hall–Kier alpha value is -1.40. The Morgan fingerprint density at radius 1 is 1.47 bits per heavy atom. The Kier molecular flexibility index (Phi) is 4.55. The molecule has 0 fully saturated rings. The van der Waals surface area contributed by atoms with Crippen LogP contribution in [0, 0.1) is 11.7 Å². The molecule has 2 amide bonds. The number of halogens is 2. The zero-order valence-electron chi connectivity index (χ0n) is 10.1. The highest BCUT2D eigenvalue weighted by molar-refractivity contribution is 9.10. The first-order valence-corrected chi connectivity index (χ1v) is 6.69. The van der Waals surface area contributed by atoms with Gasteiger partial charge in [0, 0.05) is 24.3 Å². The molecule has 0 heterocycles. The number of amides is 2. The van der Waals surface area contributed by atoms with Gasteiger partial charge in [-0.15, -0.1) is 0 Å². The van der Waals surface area contributed by atoms with Crippen LogP contribution in [0.15, 0.2) is 34.8 Å². The van der Waals surface area contributed by atoms with Crippen LogP contribution < -0.4 is 10.6 Å². The number of aliphatic hydroxyl groups is 1. The molecule has 6 heteroatoms. The molecule has 0 saturated heterocycles. The summed E-state index contributed by atoms with van der Waals surface area (Å²) < 4.78 is 13.6. The maximum absolute atomic E-state index is 13.3. The second kappa shape index (κ2) is 6.16. The van der Waals surface area contributed by atoms with E-state index in [0.717, 1.165) is 0 Å². The standard InChI is InChI=1S/C13H14BrFN2O2/c14-11-4-3-10(6-12(11)15)17-13(19)16-9-2-1-8(5-9)7-18/h1-4,6,8-9,18H,5,7H2,(H2,16,17,19)/t8-,9+/m0/s1. The molecule has 0 saturated carbocycles. The predicted molar refractivity (Wildman–Crippen MR) is 74.4 cm³/mol. The molecule has 0 bridgehead atoms. The van der Waals surface area contributed by atoms with Gasteiger partial charge in [-0.25, -0.2) is 9.18 Å². The van der Waals surface area contributed by atoms with Crippen LogP contribution in [-0.2, 0) is 0 Å². The number of nitrogens with one attached hydrogen (secondary N) is 2. The van der Waals surface area contributed by atoms with Crippen LogP contribution in [0.25, 0.3) is 0 Å². The van der Waals surface area contributed by atoms with Crippen molar-refractivity contribution in [2.75, 3.05) is 11.9 Å². The lowest BCUT2D eigenvalue weighted by Gasteiger charge is -2.13. The van der Waals surface area contributed by atoms with Crippen molar-refractivity contribution >= 4 is 27.6 Å². The van der Waals surface area contributed by atoms with Crippen molar-refractivity contribution < 1.29 is 14.3 Å². The highest BCUT2D eigenvalue weighted by Crippen LogP contribution is 2.20.